The number of carbonyl (C=O) groups is 1. The molecule has 150 valence electrons. The van der Waals surface area contributed by atoms with Gasteiger partial charge in [0.25, 0.3) is 11.5 Å². The fourth-order valence-electron chi connectivity index (χ4n) is 2.81. The predicted octanol–water partition coefficient (Wildman–Crippen LogP) is 2.41. The van der Waals surface area contributed by atoms with Gasteiger partial charge in [-0.15, -0.1) is 0 Å². The summed E-state index contributed by atoms with van der Waals surface area (Å²) in [7, 11) is 2.98. The van der Waals surface area contributed by atoms with Crippen LogP contribution in [-0.2, 0) is 0 Å². The summed E-state index contributed by atoms with van der Waals surface area (Å²) < 4.78 is 11.3. The SMILES string of the molecule is COc1cc(NC(=O)c2c[nH]c(=O)n(-c3ccc(C)c(C)c3)c2=O)cc(OC)c1. The maximum Gasteiger partial charge on any atom is 0.333 e. The number of aromatic amines is 1. The lowest BCUT2D eigenvalue weighted by atomic mass is 10.1. The zero-order valence-corrected chi connectivity index (χ0v) is 16.5. The van der Waals surface area contributed by atoms with Crippen molar-refractivity contribution in [2.45, 2.75) is 13.8 Å². The molecule has 8 nitrogen and oxygen atoms in total. The molecule has 29 heavy (non-hydrogen) atoms. The van der Waals surface area contributed by atoms with Crippen molar-refractivity contribution in [2.75, 3.05) is 19.5 Å². The number of hydrogen-bond acceptors (Lipinski definition) is 5. The minimum absolute atomic E-state index is 0.204. The smallest absolute Gasteiger partial charge is 0.333 e. The van der Waals surface area contributed by atoms with Crippen molar-refractivity contribution in [1.29, 1.82) is 0 Å². The lowest BCUT2D eigenvalue weighted by molar-refractivity contribution is 0.102. The van der Waals surface area contributed by atoms with Crippen LogP contribution in [0.15, 0.2) is 52.2 Å². The molecular weight excluding hydrogens is 374 g/mol. The van der Waals surface area contributed by atoms with Crippen LogP contribution >= 0.6 is 0 Å². The Kier molecular flexibility index (Phi) is 5.54. The van der Waals surface area contributed by atoms with Gasteiger partial charge in [-0.2, -0.15) is 0 Å². The van der Waals surface area contributed by atoms with E-state index in [0.29, 0.717) is 22.9 Å². The summed E-state index contributed by atoms with van der Waals surface area (Å²) in [5.41, 5.74) is 1.17. The van der Waals surface area contributed by atoms with E-state index in [1.54, 1.807) is 30.3 Å². The van der Waals surface area contributed by atoms with Gasteiger partial charge in [0, 0.05) is 30.1 Å². The number of aryl methyl sites for hydroxylation is 2. The Hall–Kier alpha value is -3.81. The second-order valence-electron chi connectivity index (χ2n) is 6.47. The van der Waals surface area contributed by atoms with Crippen molar-refractivity contribution in [3.8, 4) is 17.2 Å². The van der Waals surface area contributed by atoms with Gasteiger partial charge in [0.05, 0.1) is 19.9 Å². The van der Waals surface area contributed by atoms with E-state index in [9.17, 15) is 14.4 Å². The van der Waals surface area contributed by atoms with E-state index in [4.69, 9.17) is 9.47 Å². The third kappa shape index (κ3) is 4.06. The van der Waals surface area contributed by atoms with E-state index >= 15 is 0 Å². The van der Waals surface area contributed by atoms with Crippen LogP contribution < -0.4 is 26.0 Å². The van der Waals surface area contributed by atoms with Gasteiger partial charge in [-0.1, -0.05) is 6.07 Å². The first-order valence-electron chi connectivity index (χ1n) is 8.81. The molecule has 3 rings (SSSR count). The molecular formula is C21H21N3O5. The number of anilines is 1. The molecule has 0 fully saturated rings. The quantitative estimate of drug-likeness (QED) is 0.691. The lowest BCUT2D eigenvalue weighted by Crippen LogP contribution is -2.38. The molecule has 0 bridgehead atoms. The minimum Gasteiger partial charge on any atom is -0.497 e. The number of nitrogens with one attached hydrogen (secondary N) is 2. The molecule has 8 heteroatoms. The van der Waals surface area contributed by atoms with E-state index in [0.717, 1.165) is 21.9 Å². The molecule has 2 aromatic carbocycles. The summed E-state index contributed by atoms with van der Waals surface area (Å²) in [6.45, 7) is 3.81. The highest BCUT2D eigenvalue weighted by molar-refractivity contribution is 6.04. The summed E-state index contributed by atoms with van der Waals surface area (Å²) in [6, 6.07) is 10.0. The van der Waals surface area contributed by atoms with E-state index in [-0.39, 0.29) is 5.56 Å². The second kappa shape index (κ2) is 8.05. The molecule has 0 atom stereocenters. The van der Waals surface area contributed by atoms with Gasteiger partial charge in [-0.3, -0.25) is 9.59 Å². The zero-order chi connectivity index (χ0) is 21.1. The van der Waals surface area contributed by atoms with Gasteiger partial charge in [-0.25, -0.2) is 9.36 Å². The summed E-state index contributed by atoms with van der Waals surface area (Å²) in [5, 5.41) is 2.63. The number of rotatable bonds is 5. The number of nitrogens with zero attached hydrogens (tertiary/aromatic N) is 1. The maximum atomic E-state index is 12.9. The number of methoxy groups -OCH3 is 2. The first-order valence-corrected chi connectivity index (χ1v) is 8.81. The van der Waals surface area contributed by atoms with Gasteiger partial charge < -0.3 is 19.8 Å². The van der Waals surface area contributed by atoms with Crippen LogP contribution in [0.1, 0.15) is 21.5 Å². The van der Waals surface area contributed by atoms with Crippen molar-refractivity contribution < 1.29 is 14.3 Å². The number of aromatic nitrogens is 2. The highest BCUT2D eigenvalue weighted by atomic mass is 16.5. The Morgan fingerprint density at radius 2 is 1.62 bits per heavy atom. The highest BCUT2D eigenvalue weighted by Gasteiger charge is 2.17. The molecule has 1 aromatic heterocycles. The standard InChI is InChI=1S/C21H21N3O5/c1-12-5-6-15(7-13(12)2)24-20(26)18(11-22-21(24)27)19(25)23-14-8-16(28-3)10-17(9-14)29-4/h5-11H,1-4H3,(H,22,27)(H,23,25). The Morgan fingerprint density at radius 3 is 2.21 bits per heavy atom. The van der Waals surface area contributed by atoms with Gasteiger partial charge in [0.2, 0.25) is 0 Å². The molecule has 0 saturated heterocycles. The number of amides is 1. The largest absolute Gasteiger partial charge is 0.497 e. The zero-order valence-electron chi connectivity index (χ0n) is 16.5. The van der Waals surface area contributed by atoms with Crippen molar-refractivity contribution in [2.24, 2.45) is 0 Å². The number of ether oxygens (including phenoxy) is 2. The van der Waals surface area contributed by atoms with E-state index < -0.39 is 17.2 Å². The highest BCUT2D eigenvalue weighted by Crippen LogP contribution is 2.26. The normalized spacial score (nSPS) is 10.5. The molecule has 0 spiro atoms. The van der Waals surface area contributed by atoms with Crippen LogP contribution in [0.4, 0.5) is 5.69 Å². The van der Waals surface area contributed by atoms with Gasteiger partial charge in [0.1, 0.15) is 17.1 Å². The second-order valence-corrected chi connectivity index (χ2v) is 6.47. The third-order valence-corrected chi connectivity index (χ3v) is 4.58. The monoisotopic (exact) mass is 395 g/mol. The average Bonchev–Trinajstić information content (AvgIpc) is 2.70. The summed E-state index contributed by atoms with van der Waals surface area (Å²) in [4.78, 5) is 40.3. The number of carbonyl (C=O) groups excluding carboxylic acids is 1. The number of H-pyrrole nitrogens is 1. The molecule has 1 amide bonds. The number of hydrogen-bond donors (Lipinski definition) is 2. The molecule has 1 heterocycles. The molecule has 3 aromatic rings. The van der Waals surface area contributed by atoms with Crippen molar-refractivity contribution >= 4 is 11.6 Å². The van der Waals surface area contributed by atoms with Crippen LogP contribution in [0.25, 0.3) is 5.69 Å². The fraction of sp³-hybridized carbons (Fsp3) is 0.190. The van der Waals surface area contributed by atoms with Crippen molar-refractivity contribution in [1.82, 2.24) is 9.55 Å². The molecule has 0 aliphatic carbocycles. The Labute approximate surface area is 166 Å². The minimum atomic E-state index is -0.718. The average molecular weight is 395 g/mol. The Bertz CT molecular complexity index is 1170. The van der Waals surface area contributed by atoms with Crippen LogP contribution in [0.2, 0.25) is 0 Å². The Balaban J connectivity index is 2.02. The molecule has 2 N–H and O–H groups in total. The first-order chi connectivity index (χ1) is 13.8. The fourth-order valence-corrected chi connectivity index (χ4v) is 2.81. The molecule has 0 aliphatic rings. The molecule has 0 radical (unpaired) electrons. The van der Waals surface area contributed by atoms with Crippen LogP contribution in [0.3, 0.4) is 0 Å². The van der Waals surface area contributed by atoms with Crippen LogP contribution in [0.5, 0.6) is 11.5 Å². The van der Waals surface area contributed by atoms with E-state index in [1.807, 2.05) is 19.9 Å². The van der Waals surface area contributed by atoms with Crippen molar-refractivity contribution in [3.05, 3.63) is 80.1 Å². The molecule has 0 saturated carbocycles. The van der Waals surface area contributed by atoms with Crippen LogP contribution in [0, 0.1) is 13.8 Å². The Morgan fingerprint density at radius 1 is 0.966 bits per heavy atom. The summed E-state index contributed by atoms with van der Waals surface area (Å²) in [6.07, 6.45) is 1.11. The maximum absolute atomic E-state index is 12.9. The van der Waals surface area contributed by atoms with Gasteiger partial charge in [0.15, 0.2) is 0 Å². The van der Waals surface area contributed by atoms with Crippen LogP contribution in [-0.4, -0.2) is 29.7 Å². The van der Waals surface area contributed by atoms with Gasteiger partial charge in [-0.05, 0) is 37.1 Å². The van der Waals surface area contributed by atoms with Gasteiger partial charge >= 0.3 is 5.69 Å². The number of benzene rings is 2. The van der Waals surface area contributed by atoms with Crippen molar-refractivity contribution in [3.63, 3.8) is 0 Å². The van der Waals surface area contributed by atoms with E-state index in [2.05, 4.69) is 10.3 Å². The predicted molar refractivity (Wildman–Crippen MR) is 110 cm³/mol. The topological polar surface area (TPSA) is 102 Å². The summed E-state index contributed by atoms with van der Waals surface area (Å²) >= 11 is 0. The molecule has 0 unspecified atom stereocenters. The first kappa shape index (κ1) is 19.9. The third-order valence-electron chi connectivity index (χ3n) is 4.58. The van der Waals surface area contributed by atoms with E-state index in [1.165, 1.54) is 14.2 Å². The molecule has 0 aliphatic heterocycles. The summed E-state index contributed by atoms with van der Waals surface area (Å²) in [5.74, 6) is 0.293. The lowest BCUT2D eigenvalue weighted by Gasteiger charge is -2.11.